The van der Waals surface area contributed by atoms with Gasteiger partial charge in [-0.05, 0) is 12.8 Å². The van der Waals surface area contributed by atoms with Gasteiger partial charge in [-0.1, -0.05) is 19.3 Å². The van der Waals surface area contributed by atoms with Crippen LogP contribution in [0.15, 0.2) is 0 Å². The second kappa shape index (κ2) is 7.73. The third-order valence-corrected chi connectivity index (χ3v) is 5.30. The molecular formula is C16H29N3O3. The molecule has 3 rings (SSSR count). The molecule has 2 aliphatic heterocycles. The lowest BCUT2D eigenvalue weighted by Gasteiger charge is -2.48. The van der Waals surface area contributed by atoms with Gasteiger partial charge in [-0.25, -0.2) is 0 Å². The van der Waals surface area contributed by atoms with E-state index in [1.807, 2.05) is 0 Å². The SMILES string of the molecule is O=C(NCC1(N2CCOCC2)CCCCC1)C1COCCN1. The number of rotatable bonds is 4. The normalized spacial score (nSPS) is 29.9. The fourth-order valence-electron chi connectivity index (χ4n) is 3.96. The van der Waals surface area contributed by atoms with Gasteiger partial charge in [0.15, 0.2) is 0 Å². The van der Waals surface area contributed by atoms with Crippen LogP contribution in [-0.2, 0) is 14.3 Å². The van der Waals surface area contributed by atoms with Crippen LogP contribution in [0.2, 0.25) is 0 Å². The van der Waals surface area contributed by atoms with Crippen LogP contribution >= 0.6 is 0 Å². The molecule has 1 saturated carbocycles. The summed E-state index contributed by atoms with van der Waals surface area (Å²) < 4.78 is 10.9. The van der Waals surface area contributed by atoms with Crippen molar-refractivity contribution in [1.29, 1.82) is 0 Å². The van der Waals surface area contributed by atoms with Gasteiger partial charge < -0.3 is 20.1 Å². The quantitative estimate of drug-likeness (QED) is 0.772. The van der Waals surface area contributed by atoms with Crippen LogP contribution in [0.3, 0.4) is 0 Å². The van der Waals surface area contributed by atoms with E-state index in [-0.39, 0.29) is 17.5 Å². The molecule has 1 amide bonds. The fourth-order valence-corrected chi connectivity index (χ4v) is 3.96. The zero-order valence-electron chi connectivity index (χ0n) is 13.4. The monoisotopic (exact) mass is 311 g/mol. The molecule has 0 aromatic carbocycles. The van der Waals surface area contributed by atoms with Crippen molar-refractivity contribution in [2.45, 2.75) is 43.7 Å². The van der Waals surface area contributed by atoms with Crippen LogP contribution in [-0.4, -0.2) is 75.0 Å². The first-order valence-corrected chi connectivity index (χ1v) is 8.72. The Morgan fingerprint density at radius 2 is 1.91 bits per heavy atom. The highest BCUT2D eigenvalue weighted by molar-refractivity contribution is 5.82. The van der Waals surface area contributed by atoms with E-state index < -0.39 is 0 Å². The van der Waals surface area contributed by atoms with Crippen molar-refractivity contribution in [3.8, 4) is 0 Å². The summed E-state index contributed by atoms with van der Waals surface area (Å²) in [6.45, 7) is 6.29. The van der Waals surface area contributed by atoms with Crippen LogP contribution in [0.4, 0.5) is 0 Å². The number of ether oxygens (including phenoxy) is 2. The highest BCUT2D eigenvalue weighted by atomic mass is 16.5. The van der Waals surface area contributed by atoms with E-state index >= 15 is 0 Å². The molecule has 0 bridgehead atoms. The van der Waals surface area contributed by atoms with E-state index in [4.69, 9.17) is 9.47 Å². The molecule has 0 radical (unpaired) electrons. The van der Waals surface area contributed by atoms with Crippen molar-refractivity contribution in [3.63, 3.8) is 0 Å². The summed E-state index contributed by atoms with van der Waals surface area (Å²) in [4.78, 5) is 14.9. The minimum absolute atomic E-state index is 0.0814. The molecule has 22 heavy (non-hydrogen) atoms. The van der Waals surface area contributed by atoms with Crippen molar-refractivity contribution >= 4 is 5.91 Å². The highest BCUT2D eigenvalue weighted by Crippen LogP contribution is 2.33. The van der Waals surface area contributed by atoms with Gasteiger partial charge in [-0.15, -0.1) is 0 Å². The number of nitrogens with one attached hydrogen (secondary N) is 2. The Balaban J connectivity index is 1.58. The molecule has 1 atom stereocenters. The van der Waals surface area contributed by atoms with Crippen LogP contribution in [0.1, 0.15) is 32.1 Å². The molecular weight excluding hydrogens is 282 g/mol. The van der Waals surface area contributed by atoms with E-state index in [9.17, 15) is 4.79 Å². The second-order valence-electron chi connectivity index (χ2n) is 6.68. The maximum atomic E-state index is 12.4. The predicted molar refractivity (Wildman–Crippen MR) is 83.8 cm³/mol. The maximum absolute atomic E-state index is 12.4. The second-order valence-corrected chi connectivity index (χ2v) is 6.68. The van der Waals surface area contributed by atoms with Crippen LogP contribution in [0, 0.1) is 0 Å². The topological polar surface area (TPSA) is 62.8 Å². The third-order valence-electron chi connectivity index (χ3n) is 5.30. The first kappa shape index (κ1) is 16.2. The zero-order valence-corrected chi connectivity index (χ0v) is 13.4. The summed E-state index contributed by atoms with van der Waals surface area (Å²) >= 11 is 0. The summed E-state index contributed by atoms with van der Waals surface area (Å²) in [6.07, 6.45) is 6.21. The predicted octanol–water partition coefficient (Wildman–Crippen LogP) is 0.126. The average molecular weight is 311 g/mol. The third kappa shape index (κ3) is 3.79. The Hall–Kier alpha value is -0.690. The lowest BCUT2D eigenvalue weighted by molar-refractivity contribution is -0.127. The molecule has 0 spiro atoms. The van der Waals surface area contributed by atoms with Gasteiger partial charge in [-0.3, -0.25) is 9.69 Å². The minimum atomic E-state index is -0.195. The fraction of sp³-hybridized carbons (Fsp3) is 0.938. The summed E-state index contributed by atoms with van der Waals surface area (Å²) in [5, 5.41) is 6.42. The molecule has 6 heteroatoms. The molecule has 126 valence electrons. The first-order chi connectivity index (χ1) is 10.8. The van der Waals surface area contributed by atoms with E-state index in [1.165, 1.54) is 32.1 Å². The van der Waals surface area contributed by atoms with E-state index in [0.29, 0.717) is 13.2 Å². The van der Waals surface area contributed by atoms with Gasteiger partial charge >= 0.3 is 0 Å². The van der Waals surface area contributed by atoms with Crippen molar-refractivity contribution < 1.29 is 14.3 Å². The summed E-state index contributed by atoms with van der Waals surface area (Å²) in [6, 6.07) is -0.195. The Morgan fingerprint density at radius 3 is 2.59 bits per heavy atom. The standard InChI is InChI=1S/C16H29N3O3/c20-15(14-12-22-9-6-17-14)18-13-16(4-2-1-3-5-16)19-7-10-21-11-8-19/h14,17H,1-13H2,(H,18,20). The van der Waals surface area contributed by atoms with Crippen molar-refractivity contribution in [1.82, 2.24) is 15.5 Å². The molecule has 3 fully saturated rings. The van der Waals surface area contributed by atoms with E-state index in [0.717, 1.165) is 39.4 Å². The average Bonchev–Trinajstić information content (AvgIpc) is 2.62. The smallest absolute Gasteiger partial charge is 0.239 e. The van der Waals surface area contributed by atoms with E-state index in [1.54, 1.807) is 0 Å². The van der Waals surface area contributed by atoms with Crippen LogP contribution < -0.4 is 10.6 Å². The highest BCUT2D eigenvalue weighted by Gasteiger charge is 2.39. The Kier molecular flexibility index (Phi) is 5.68. The molecule has 0 aromatic heterocycles. The molecule has 6 nitrogen and oxygen atoms in total. The number of amides is 1. The number of morpholine rings is 2. The molecule has 0 aromatic rings. The van der Waals surface area contributed by atoms with Gasteiger partial charge in [0.25, 0.3) is 0 Å². The number of hydrogen-bond donors (Lipinski definition) is 2. The zero-order chi connectivity index (χ0) is 15.3. The van der Waals surface area contributed by atoms with Gasteiger partial charge in [-0.2, -0.15) is 0 Å². The summed E-state index contributed by atoms with van der Waals surface area (Å²) in [5.41, 5.74) is 0.132. The minimum Gasteiger partial charge on any atom is -0.379 e. The van der Waals surface area contributed by atoms with Gasteiger partial charge in [0.1, 0.15) is 6.04 Å². The molecule has 2 heterocycles. The molecule has 2 N–H and O–H groups in total. The van der Waals surface area contributed by atoms with Crippen molar-refractivity contribution in [2.24, 2.45) is 0 Å². The van der Waals surface area contributed by atoms with E-state index in [2.05, 4.69) is 15.5 Å². The number of nitrogens with zero attached hydrogens (tertiary/aromatic N) is 1. The largest absolute Gasteiger partial charge is 0.379 e. The number of carbonyl (C=O) groups is 1. The van der Waals surface area contributed by atoms with Gasteiger partial charge in [0.2, 0.25) is 5.91 Å². The van der Waals surface area contributed by atoms with Gasteiger partial charge in [0, 0.05) is 31.7 Å². The van der Waals surface area contributed by atoms with Crippen molar-refractivity contribution in [2.75, 3.05) is 52.6 Å². The Labute approximate surface area is 132 Å². The summed E-state index contributed by atoms with van der Waals surface area (Å²) in [7, 11) is 0. The molecule has 1 aliphatic carbocycles. The lowest BCUT2D eigenvalue weighted by Crippen LogP contribution is -2.61. The Bertz CT molecular complexity index is 360. The van der Waals surface area contributed by atoms with Crippen LogP contribution in [0.25, 0.3) is 0 Å². The van der Waals surface area contributed by atoms with Gasteiger partial charge in [0.05, 0.1) is 26.4 Å². The number of carbonyl (C=O) groups excluding carboxylic acids is 1. The molecule has 1 unspecified atom stereocenters. The summed E-state index contributed by atoms with van der Waals surface area (Å²) in [5.74, 6) is 0.0814. The maximum Gasteiger partial charge on any atom is 0.239 e. The molecule has 3 aliphatic rings. The molecule has 2 saturated heterocycles. The Morgan fingerprint density at radius 1 is 1.14 bits per heavy atom. The number of hydrogen-bond acceptors (Lipinski definition) is 5. The van der Waals surface area contributed by atoms with Crippen molar-refractivity contribution in [3.05, 3.63) is 0 Å². The lowest BCUT2D eigenvalue weighted by atomic mass is 9.79. The van der Waals surface area contributed by atoms with Crippen LogP contribution in [0.5, 0.6) is 0 Å². The first-order valence-electron chi connectivity index (χ1n) is 8.72.